The quantitative estimate of drug-likeness (QED) is 0.191. The maximum atomic E-state index is 5.89. The van der Waals surface area contributed by atoms with Crippen molar-refractivity contribution in [2.24, 2.45) is 0 Å². The molecule has 0 saturated heterocycles. The Labute approximate surface area is 235 Å². The Balaban J connectivity index is 1.77. The number of terminal acetylenes is 1. The SMILES string of the molecule is C#Cc1ccc2c(c1)c1cccc3c1n2c1cccc2c4ccccc4n(c4ccccc4n3-c3ccccc3)c21. The van der Waals surface area contributed by atoms with Gasteiger partial charge in [-0.2, -0.15) is 0 Å². The van der Waals surface area contributed by atoms with Gasteiger partial charge in [0.1, 0.15) is 0 Å². The molecule has 0 aliphatic heterocycles. The first-order chi connectivity index (χ1) is 20.3. The lowest BCUT2D eigenvalue weighted by Crippen LogP contribution is -1.99. The lowest BCUT2D eigenvalue weighted by Gasteiger charge is -2.13. The first kappa shape index (κ1) is 22.1. The first-order valence-electron chi connectivity index (χ1n) is 13.8. The summed E-state index contributed by atoms with van der Waals surface area (Å²) in [5.74, 6) is 2.85. The summed E-state index contributed by atoms with van der Waals surface area (Å²) >= 11 is 0. The van der Waals surface area contributed by atoms with Crippen molar-refractivity contribution in [1.82, 2.24) is 13.4 Å². The lowest BCUT2D eigenvalue weighted by molar-refractivity contribution is 1.16. The molecule has 3 heteroatoms. The standard InChI is InChI=1S/C38H23N3/c1-2-25-22-23-32-30(24-25)29-16-11-20-35-38(29)41(32)36-21-10-15-28-27-14-6-7-17-31(27)40(37(28)36)34-19-9-8-18-33(34)39(35)26-12-4-3-5-13-26/h1,3-24H. The van der Waals surface area contributed by atoms with Gasteiger partial charge in [-0.25, -0.2) is 0 Å². The van der Waals surface area contributed by atoms with Gasteiger partial charge in [0.05, 0.1) is 44.1 Å². The summed E-state index contributed by atoms with van der Waals surface area (Å²) in [4.78, 5) is 0. The molecule has 0 aliphatic rings. The molecule has 0 atom stereocenters. The van der Waals surface area contributed by atoms with E-state index in [4.69, 9.17) is 6.42 Å². The molecule has 0 radical (unpaired) electrons. The predicted molar refractivity (Wildman–Crippen MR) is 172 cm³/mol. The van der Waals surface area contributed by atoms with E-state index < -0.39 is 0 Å². The van der Waals surface area contributed by atoms with Gasteiger partial charge in [0.15, 0.2) is 0 Å². The van der Waals surface area contributed by atoms with Crippen molar-refractivity contribution in [3.8, 4) is 18.0 Å². The molecule has 0 saturated carbocycles. The van der Waals surface area contributed by atoms with E-state index in [0.29, 0.717) is 0 Å². The van der Waals surface area contributed by atoms with Crippen LogP contribution >= 0.6 is 0 Å². The van der Waals surface area contributed by atoms with Gasteiger partial charge in [0, 0.05) is 32.8 Å². The van der Waals surface area contributed by atoms with Crippen LogP contribution in [0.15, 0.2) is 133 Å². The van der Waals surface area contributed by atoms with Gasteiger partial charge >= 0.3 is 0 Å². The van der Waals surface area contributed by atoms with Crippen LogP contribution in [0.5, 0.6) is 0 Å². The smallest absolute Gasteiger partial charge is 0.0783 e. The van der Waals surface area contributed by atoms with Gasteiger partial charge < -0.3 is 13.4 Å². The molecule has 0 spiro atoms. The third-order valence-corrected chi connectivity index (χ3v) is 8.47. The van der Waals surface area contributed by atoms with Crippen molar-refractivity contribution in [1.29, 1.82) is 0 Å². The van der Waals surface area contributed by atoms with Crippen molar-refractivity contribution in [3.05, 3.63) is 139 Å². The molecule has 190 valence electrons. The zero-order chi connectivity index (χ0) is 27.1. The van der Waals surface area contributed by atoms with Gasteiger partial charge in [0.25, 0.3) is 0 Å². The van der Waals surface area contributed by atoms with E-state index in [2.05, 4.69) is 153 Å². The topological polar surface area (TPSA) is 13.8 Å². The van der Waals surface area contributed by atoms with E-state index in [1.54, 1.807) is 0 Å². The minimum absolute atomic E-state index is 0.881. The van der Waals surface area contributed by atoms with Crippen LogP contribution in [-0.4, -0.2) is 13.4 Å². The Morgan fingerprint density at radius 1 is 0.415 bits per heavy atom. The molecule has 0 bridgehead atoms. The first-order valence-corrected chi connectivity index (χ1v) is 13.8. The maximum absolute atomic E-state index is 5.89. The minimum atomic E-state index is 0.881. The van der Waals surface area contributed by atoms with Crippen molar-refractivity contribution < 1.29 is 0 Å². The minimum Gasteiger partial charge on any atom is -0.306 e. The largest absolute Gasteiger partial charge is 0.306 e. The number of hydrogen-bond donors (Lipinski definition) is 0. The molecular weight excluding hydrogens is 498 g/mol. The summed E-state index contributed by atoms with van der Waals surface area (Å²) in [6.45, 7) is 0. The highest BCUT2D eigenvalue weighted by atomic mass is 15.0. The number of nitrogens with zero attached hydrogens (tertiary/aromatic N) is 3. The molecule has 9 rings (SSSR count). The molecular formula is C38H23N3. The third-order valence-electron chi connectivity index (χ3n) is 8.47. The fourth-order valence-corrected chi connectivity index (χ4v) is 6.83. The lowest BCUT2D eigenvalue weighted by atomic mass is 10.1. The van der Waals surface area contributed by atoms with Crippen molar-refractivity contribution in [3.63, 3.8) is 0 Å². The Bertz CT molecular complexity index is 2590. The fraction of sp³-hybridized carbons (Fsp3) is 0. The number of fused-ring (bicyclic) bond motifs is 9. The molecule has 3 aromatic heterocycles. The van der Waals surface area contributed by atoms with Crippen LogP contribution in [0.3, 0.4) is 0 Å². The summed E-state index contributed by atoms with van der Waals surface area (Å²) in [6, 6.07) is 47.8. The molecule has 0 aliphatic carbocycles. The van der Waals surface area contributed by atoms with Crippen LogP contribution in [0.25, 0.3) is 71.4 Å². The summed E-state index contributed by atoms with van der Waals surface area (Å²) in [6.07, 6.45) is 5.89. The van der Waals surface area contributed by atoms with Gasteiger partial charge in [-0.3, -0.25) is 0 Å². The Hall–Kier alpha value is -5.72. The van der Waals surface area contributed by atoms with E-state index >= 15 is 0 Å². The van der Waals surface area contributed by atoms with Crippen LogP contribution in [0.1, 0.15) is 5.56 Å². The predicted octanol–water partition coefficient (Wildman–Crippen LogP) is 9.29. The zero-order valence-electron chi connectivity index (χ0n) is 22.1. The maximum Gasteiger partial charge on any atom is 0.0783 e. The second-order valence-electron chi connectivity index (χ2n) is 10.6. The highest BCUT2D eigenvalue weighted by Gasteiger charge is 2.19. The molecule has 0 unspecified atom stereocenters. The summed E-state index contributed by atoms with van der Waals surface area (Å²) in [5, 5.41) is 4.80. The zero-order valence-corrected chi connectivity index (χ0v) is 22.1. The van der Waals surface area contributed by atoms with Gasteiger partial charge in [-0.15, -0.1) is 6.42 Å². The molecule has 41 heavy (non-hydrogen) atoms. The normalized spacial score (nSPS) is 11.9. The Morgan fingerprint density at radius 3 is 1.78 bits per heavy atom. The molecule has 3 nitrogen and oxygen atoms in total. The van der Waals surface area contributed by atoms with Crippen LogP contribution in [0.4, 0.5) is 0 Å². The Kier molecular flexibility index (Phi) is 4.40. The highest BCUT2D eigenvalue weighted by molar-refractivity contribution is 6.19. The summed E-state index contributed by atoms with van der Waals surface area (Å²) in [5.41, 5.74) is 11.2. The summed E-state index contributed by atoms with van der Waals surface area (Å²) < 4.78 is 7.30. The molecule has 0 N–H and O–H groups in total. The van der Waals surface area contributed by atoms with Crippen LogP contribution in [-0.2, 0) is 0 Å². The van der Waals surface area contributed by atoms with Crippen molar-refractivity contribution in [2.75, 3.05) is 0 Å². The van der Waals surface area contributed by atoms with Gasteiger partial charge in [0.2, 0.25) is 0 Å². The highest BCUT2D eigenvalue weighted by Crippen LogP contribution is 2.39. The van der Waals surface area contributed by atoms with E-state index in [1.165, 1.54) is 27.2 Å². The number of aromatic nitrogens is 3. The average Bonchev–Trinajstić information content (AvgIpc) is 3.56. The molecule has 0 amide bonds. The van der Waals surface area contributed by atoms with E-state index in [9.17, 15) is 0 Å². The molecule has 0 fully saturated rings. The number of rotatable bonds is 1. The third kappa shape index (κ3) is 2.88. The van der Waals surface area contributed by atoms with Crippen LogP contribution < -0.4 is 0 Å². The van der Waals surface area contributed by atoms with Crippen LogP contribution in [0.2, 0.25) is 0 Å². The summed E-state index contributed by atoms with van der Waals surface area (Å²) in [7, 11) is 0. The second-order valence-corrected chi connectivity index (χ2v) is 10.6. The van der Waals surface area contributed by atoms with Gasteiger partial charge in [-0.1, -0.05) is 78.7 Å². The fourth-order valence-electron chi connectivity index (χ4n) is 6.83. The average molecular weight is 522 g/mol. The van der Waals surface area contributed by atoms with Crippen molar-refractivity contribution in [2.45, 2.75) is 0 Å². The molecule has 9 aromatic rings. The van der Waals surface area contributed by atoms with Crippen molar-refractivity contribution >= 4 is 65.7 Å². The monoisotopic (exact) mass is 521 g/mol. The van der Waals surface area contributed by atoms with Crippen LogP contribution in [0, 0.1) is 12.3 Å². The van der Waals surface area contributed by atoms with E-state index in [0.717, 1.165) is 49.7 Å². The number of benzene rings is 6. The second kappa shape index (κ2) is 8.14. The Morgan fingerprint density at radius 2 is 0.976 bits per heavy atom. The molecule has 6 aromatic carbocycles. The number of hydrogen-bond acceptors (Lipinski definition) is 0. The van der Waals surface area contributed by atoms with E-state index in [-0.39, 0.29) is 0 Å². The molecule has 3 heterocycles. The number of para-hydroxylation sites is 6. The van der Waals surface area contributed by atoms with E-state index in [1.807, 2.05) is 0 Å². The van der Waals surface area contributed by atoms with Gasteiger partial charge in [-0.05, 0) is 60.7 Å².